The maximum Gasteiger partial charge on any atom is 0.236 e. The summed E-state index contributed by atoms with van der Waals surface area (Å²) in [6.45, 7) is 7.47. The summed E-state index contributed by atoms with van der Waals surface area (Å²) in [5, 5.41) is 11.2. The van der Waals surface area contributed by atoms with Crippen LogP contribution in [-0.4, -0.2) is 30.1 Å². The van der Waals surface area contributed by atoms with Gasteiger partial charge in [0.1, 0.15) is 21.9 Å². The van der Waals surface area contributed by atoms with Crippen LogP contribution in [0.2, 0.25) is 5.02 Å². The van der Waals surface area contributed by atoms with E-state index in [1.54, 1.807) is 30.7 Å². The van der Waals surface area contributed by atoms with Crippen molar-refractivity contribution in [3.05, 3.63) is 40.7 Å². The molecule has 0 saturated carbocycles. The first kappa shape index (κ1) is 19.6. The van der Waals surface area contributed by atoms with Crippen LogP contribution in [0.15, 0.2) is 29.4 Å². The van der Waals surface area contributed by atoms with Crippen molar-refractivity contribution in [3.63, 3.8) is 0 Å². The fourth-order valence-corrected chi connectivity index (χ4v) is 3.61. The number of hydrogen-bond donors (Lipinski definition) is 1. The molecule has 0 fully saturated rings. The Hall–Kier alpha value is -1.73. The summed E-state index contributed by atoms with van der Waals surface area (Å²) >= 11 is 5.88. The lowest BCUT2D eigenvalue weighted by Crippen LogP contribution is -2.37. The number of carbonyl (C=O) groups is 1. The zero-order chi connectivity index (χ0) is 18.7. The van der Waals surface area contributed by atoms with Crippen molar-refractivity contribution in [1.29, 1.82) is 0 Å². The topological polar surface area (TPSA) is 76.9 Å². The molecule has 1 amide bonds. The van der Waals surface area contributed by atoms with Crippen LogP contribution in [0.3, 0.4) is 0 Å². The molecule has 1 heterocycles. The first-order chi connectivity index (χ1) is 11.7. The number of halogens is 1. The van der Waals surface area contributed by atoms with Crippen molar-refractivity contribution in [2.45, 2.75) is 50.1 Å². The summed E-state index contributed by atoms with van der Waals surface area (Å²) in [7, 11) is 0.182. The molecule has 0 unspecified atom stereocenters. The van der Waals surface area contributed by atoms with E-state index in [-0.39, 0.29) is 17.9 Å². The van der Waals surface area contributed by atoms with Gasteiger partial charge in [-0.1, -0.05) is 37.6 Å². The molecule has 6 nitrogen and oxygen atoms in total. The lowest BCUT2D eigenvalue weighted by molar-refractivity contribution is -0.121. The third kappa shape index (κ3) is 4.46. The Kier molecular flexibility index (Phi) is 6.35. The van der Waals surface area contributed by atoms with Gasteiger partial charge in [-0.2, -0.15) is 0 Å². The number of aromatic nitrogens is 3. The van der Waals surface area contributed by atoms with E-state index in [9.17, 15) is 9.00 Å². The molecule has 0 spiro atoms. The molecular formula is C17H23ClN4O2S. The average molecular weight is 383 g/mol. The molecule has 0 aliphatic carbocycles. The van der Waals surface area contributed by atoms with Crippen LogP contribution in [0, 0.1) is 0 Å². The molecule has 0 saturated heterocycles. The van der Waals surface area contributed by atoms with Crippen molar-refractivity contribution in [2.75, 3.05) is 0 Å². The van der Waals surface area contributed by atoms with Crippen molar-refractivity contribution in [1.82, 2.24) is 20.1 Å². The molecule has 1 N–H and O–H groups in total. The number of benzene rings is 1. The summed E-state index contributed by atoms with van der Waals surface area (Å²) in [6, 6.07) is 7.04. The molecule has 0 aliphatic heterocycles. The van der Waals surface area contributed by atoms with Crippen LogP contribution in [-0.2, 0) is 22.6 Å². The second kappa shape index (κ2) is 8.10. The molecule has 0 bridgehead atoms. The van der Waals surface area contributed by atoms with Crippen LogP contribution < -0.4 is 5.32 Å². The standard InChI is InChI=1S/C17H23ClN4O2S/c1-10(2)15-20-21-17(22(15)5)25(24)12(4)16(23)19-11(3)13-6-8-14(18)9-7-13/h6-12H,1-5H3,(H,19,23)/t11-,12-,25-/m0/s1. The molecule has 2 rings (SSSR count). The lowest BCUT2D eigenvalue weighted by Gasteiger charge is -2.17. The first-order valence-corrected chi connectivity index (χ1v) is 9.67. The van der Waals surface area contributed by atoms with E-state index in [4.69, 9.17) is 11.6 Å². The predicted octanol–water partition coefficient (Wildman–Crippen LogP) is 2.97. The average Bonchev–Trinajstić information content (AvgIpc) is 2.95. The molecular weight excluding hydrogens is 360 g/mol. The van der Waals surface area contributed by atoms with Crippen LogP contribution >= 0.6 is 11.6 Å². The van der Waals surface area contributed by atoms with E-state index in [0.29, 0.717) is 10.2 Å². The zero-order valence-corrected chi connectivity index (χ0v) is 16.6. The highest BCUT2D eigenvalue weighted by atomic mass is 35.5. The summed E-state index contributed by atoms with van der Waals surface area (Å²) < 4.78 is 14.4. The monoisotopic (exact) mass is 382 g/mol. The van der Waals surface area contributed by atoms with Gasteiger partial charge in [0.2, 0.25) is 11.1 Å². The minimum atomic E-state index is -1.59. The third-order valence-corrected chi connectivity index (χ3v) is 5.81. The van der Waals surface area contributed by atoms with Crippen LogP contribution in [0.25, 0.3) is 0 Å². The quantitative estimate of drug-likeness (QED) is 0.833. The Bertz CT molecular complexity index is 773. The third-order valence-electron chi connectivity index (χ3n) is 3.98. The normalized spacial score (nSPS) is 15.0. The Morgan fingerprint density at radius 3 is 2.28 bits per heavy atom. The van der Waals surface area contributed by atoms with Gasteiger partial charge >= 0.3 is 0 Å². The van der Waals surface area contributed by atoms with Gasteiger partial charge in [0.25, 0.3) is 0 Å². The highest BCUT2D eigenvalue weighted by molar-refractivity contribution is 7.86. The van der Waals surface area contributed by atoms with E-state index in [1.165, 1.54) is 0 Å². The van der Waals surface area contributed by atoms with E-state index < -0.39 is 16.0 Å². The van der Waals surface area contributed by atoms with Crippen LogP contribution in [0.5, 0.6) is 0 Å². The van der Waals surface area contributed by atoms with Crippen LogP contribution in [0.4, 0.5) is 0 Å². The van der Waals surface area contributed by atoms with E-state index in [1.807, 2.05) is 32.9 Å². The molecule has 2 aromatic rings. The molecule has 136 valence electrons. The van der Waals surface area contributed by atoms with Gasteiger partial charge in [-0.15, -0.1) is 10.2 Å². The highest BCUT2D eigenvalue weighted by Gasteiger charge is 2.27. The molecule has 1 aromatic heterocycles. The summed E-state index contributed by atoms with van der Waals surface area (Å²) in [4.78, 5) is 12.5. The van der Waals surface area contributed by atoms with Crippen molar-refractivity contribution in [2.24, 2.45) is 7.05 Å². The summed E-state index contributed by atoms with van der Waals surface area (Å²) in [6.07, 6.45) is 0. The van der Waals surface area contributed by atoms with Crippen LogP contribution in [0.1, 0.15) is 51.0 Å². The van der Waals surface area contributed by atoms with E-state index >= 15 is 0 Å². The molecule has 1 aromatic carbocycles. The van der Waals surface area contributed by atoms with Gasteiger partial charge < -0.3 is 9.88 Å². The van der Waals surface area contributed by atoms with Gasteiger partial charge in [-0.3, -0.25) is 9.00 Å². The molecule has 25 heavy (non-hydrogen) atoms. The summed E-state index contributed by atoms with van der Waals surface area (Å²) in [5.41, 5.74) is 0.927. The Morgan fingerprint density at radius 2 is 1.76 bits per heavy atom. The Labute approximate surface area is 155 Å². The molecule has 3 atom stereocenters. The first-order valence-electron chi connectivity index (χ1n) is 8.08. The maximum atomic E-state index is 12.7. The predicted molar refractivity (Wildman–Crippen MR) is 99.0 cm³/mol. The van der Waals surface area contributed by atoms with Crippen molar-refractivity contribution in [3.8, 4) is 0 Å². The number of nitrogens with one attached hydrogen (secondary N) is 1. The smallest absolute Gasteiger partial charge is 0.236 e. The van der Waals surface area contributed by atoms with Gasteiger partial charge in [0.15, 0.2) is 0 Å². The summed E-state index contributed by atoms with van der Waals surface area (Å²) in [5.74, 6) is 0.609. The number of rotatable bonds is 6. The largest absolute Gasteiger partial charge is 0.349 e. The minimum Gasteiger partial charge on any atom is -0.349 e. The lowest BCUT2D eigenvalue weighted by atomic mass is 10.1. The highest BCUT2D eigenvalue weighted by Crippen LogP contribution is 2.18. The second-order valence-corrected chi connectivity index (χ2v) is 8.38. The maximum absolute atomic E-state index is 12.7. The minimum absolute atomic E-state index is 0.164. The molecule has 0 aliphatic rings. The van der Waals surface area contributed by atoms with Gasteiger partial charge in [0, 0.05) is 18.0 Å². The number of nitrogens with zero attached hydrogens (tertiary/aromatic N) is 3. The van der Waals surface area contributed by atoms with E-state index in [2.05, 4.69) is 15.5 Å². The second-order valence-electron chi connectivity index (χ2n) is 6.28. The van der Waals surface area contributed by atoms with Gasteiger partial charge in [-0.05, 0) is 31.5 Å². The molecule has 8 heteroatoms. The van der Waals surface area contributed by atoms with Gasteiger partial charge in [-0.25, -0.2) is 0 Å². The van der Waals surface area contributed by atoms with Crippen molar-refractivity contribution < 1.29 is 9.00 Å². The van der Waals surface area contributed by atoms with Gasteiger partial charge in [0.05, 0.1) is 6.04 Å². The van der Waals surface area contributed by atoms with Crippen molar-refractivity contribution >= 4 is 28.3 Å². The fourth-order valence-electron chi connectivity index (χ4n) is 2.42. The number of hydrogen-bond acceptors (Lipinski definition) is 4. The SMILES string of the molecule is CC(C)c1nnc([S@@](=O)[C@@H](C)C(=O)N[C@@H](C)c2ccc(Cl)cc2)n1C. The zero-order valence-electron chi connectivity index (χ0n) is 15.0. The fraction of sp³-hybridized carbons (Fsp3) is 0.471. The molecule has 0 radical (unpaired) electrons. The number of carbonyl (C=O) groups excluding carboxylic acids is 1. The number of amides is 1. The Morgan fingerprint density at radius 1 is 1.16 bits per heavy atom. The van der Waals surface area contributed by atoms with E-state index in [0.717, 1.165) is 11.4 Å². The Balaban J connectivity index is 2.08.